The molecule has 8 heteroatoms. The molecule has 150 valence electrons. The van der Waals surface area contributed by atoms with Crippen molar-refractivity contribution in [1.29, 1.82) is 0 Å². The summed E-state index contributed by atoms with van der Waals surface area (Å²) in [5.41, 5.74) is 2.88. The highest BCUT2D eigenvalue weighted by molar-refractivity contribution is 7.92. The fraction of sp³-hybridized carbons (Fsp3) is 0.238. The van der Waals surface area contributed by atoms with E-state index >= 15 is 0 Å². The normalized spacial score (nSPS) is 13.8. The topological polar surface area (TPSA) is 79.4 Å². The van der Waals surface area contributed by atoms with Gasteiger partial charge in [-0.15, -0.1) is 11.3 Å². The van der Waals surface area contributed by atoms with Gasteiger partial charge in [-0.1, -0.05) is 24.3 Å². The molecule has 1 aromatic heterocycles. The minimum Gasteiger partial charge on any atom is -0.298 e. The van der Waals surface area contributed by atoms with E-state index in [9.17, 15) is 13.2 Å². The van der Waals surface area contributed by atoms with Gasteiger partial charge in [-0.2, -0.15) is 0 Å². The summed E-state index contributed by atoms with van der Waals surface area (Å²) in [5.74, 6) is -0.380. The summed E-state index contributed by atoms with van der Waals surface area (Å²) in [6, 6.07) is 13.7. The number of thiazole rings is 1. The molecule has 3 aromatic rings. The van der Waals surface area contributed by atoms with E-state index in [1.54, 1.807) is 12.1 Å². The van der Waals surface area contributed by atoms with Crippen LogP contribution in [0.25, 0.3) is 0 Å². The number of carbonyl (C=O) groups is 1. The third kappa shape index (κ3) is 3.77. The molecule has 1 N–H and O–H groups in total. The van der Waals surface area contributed by atoms with Crippen LogP contribution in [0.4, 0.5) is 10.8 Å². The summed E-state index contributed by atoms with van der Waals surface area (Å²) in [5, 5.41) is 3.26. The largest absolute Gasteiger partial charge is 0.298 e. The number of aryl methyl sites for hydroxylation is 3. The zero-order valence-corrected chi connectivity index (χ0v) is 17.8. The van der Waals surface area contributed by atoms with E-state index in [0.717, 1.165) is 29.0 Å². The molecule has 0 spiro atoms. The second-order valence-corrected chi connectivity index (χ2v) is 10.0. The Bertz CT molecular complexity index is 1170. The van der Waals surface area contributed by atoms with E-state index in [0.29, 0.717) is 17.4 Å². The number of nitrogens with zero attached hydrogens (tertiary/aromatic N) is 2. The van der Waals surface area contributed by atoms with E-state index in [4.69, 9.17) is 0 Å². The van der Waals surface area contributed by atoms with E-state index in [1.807, 2.05) is 38.1 Å². The maximum Gasteiger partial charge on any atom is 0.264 e. The first-order valence-electron chi connectivity index (χ1n) is 9.32. The Balaban J connectivity index is 1.64. The second kappa shape index (κ2) is 7.61. The molecule has 0 radical (unpaired) electrons. The van der Waals surface area contributed by atoms with Gasteiger partial charge in [-0.25, -0.2) is 13.4 Å². The SMILES string of the molecule is Cc1nc(NC(=O)c2cccc(S(=O)(=O)N3CCCc4ccccc43)c2)sc1C. The number of benzene rings is 2. The first-order chi connectivity index (χ1) is 13.9. The van der Waals surface area contributed by atoms with Crippen LogP contribution in [0, 0.1) is 13.8 Å². The highest BCUT2D eigenvalue weighted by Crippen LogP contribution is 2.32. The van der Waals surface area contributed by atoms with Crippen molar-refractivity contribution in [3.8, 4) is 0 Å². The van der Waals surface area contributed by atoms with Crippen LogP contribution in [0.1, 0.15) is 32.9 Å². The molecule has 1 aliphatic rings. The zero-order chi connectivity index (χ0) is 20.6. The van der Waals surface area contributed by atoms with Gasteiger partial charge in [0.1, 0.15) is 0 Å². The van der Waals surface area contributed by atoms with Crippen LogP contribution in [0.2, 0.25) is 0 Å². The molecule has 29 heavy (non-hydrogen) atoms. The number of para-hydroxylation sites is 1. The third-order valence-corrected chi connectivity index (χ3v) is 7.80. The summed E-state index contributed by atoms with van der Waals surface area (Å²) in [6.45, 7) is 4.24. The van der Waals surface area contributed by atoms with Gasteiger partial charge in [-0.3, -0.25) is 14.4 Å². The Kier molecular flexibility index (Phi) is 5.14. The van der Waals surface area contributed by atoms with Gasteiger partial charge in [0.15, 0.2) is 5.13 Å². The van der Waals surface area contributed by atoms with Gasteiger partial charge in [-0.05, 0) is 56.5 Å². The van der Waals surface area contributed by atoms with Gasteiger partial charge < -0.3 is 0 Å². The molecule has 1 aliphatic heterocycles. The maximum absolute atomic E-state index is 13.3. The zero-order valence-electron chi connectivity index (χ0n) is 16.2. The molecule has 0 fully saturated rings. The standard InChI is InChI=1S/C21H21N3O3S2/c1-14-15(2)28-21(22-14)23-20(25)17-8-5-10-18(13-17)29(26,27)24-12-6-9-16-7-3-4-11-19(16)24/h3-5,7-8,10-11,13H,6,9,12H2,1-2H3,(H,22,23,25). The predicted octanol–water partition coefficient (Wildman–Crippen LogP) is 4.15. The smallest absolute Gasteiger partial charge is 0.264 e. The molecule has 0 saturated heterocycles. The molecule has 4 rings (SSSR count). The van der Waals surface area contributed by atoms with Crippen molar-refractivity contribution in [2.45, 2.75) is 31.6 Å². The average molecular weight is 428 g/mol. The number of aromatic nitrogens is 1. The Morgan fingerprint density at radius 1 is 1.14 bits per heavy atom. The van der Waals surface area contributed by atoms with Gasteiger partial charge in [0.25, 0.3) is 15.9 Å². The van der Waals surface area contributed by atoms with Crippen LogP contribution in [0.5, 0.6) is 0 Å². The van der Waals surface area contributed by atoms with Crippen LogP contribution in [0.3, 0.4) is 0 Å². The predicted molar refractivity (Wildman–Crippen MR) is 115 cm³/mol. The molecule has 0 atom stereocenters. The lowest BCUT2D eigenvalue weighted by Crippen LogP contribution is -2.35. The number of amides is 1. The van der Waals surface area contributed by atoms with E-state index in [2.05, 4.69) is 10.3 Å². The first-order valence-corrected chi connectivity index (χ1v) is 11.6. The second-order valence-electron chi connectivity index (χ2n) is 6.95. The van der Waals surface area contributed by atoms with Crippen LogP contribution >= 0.6 is 11.3 Å². The van der Waals surface area contributed by atoms with Crippen molar-refractivity contribution in [1.82, 2.24) is 4.98 Å². The summed E-state index contributed by atoms with van der Waals surface area (Å²) in [6.07, 6.45) is 1.62. The quantitative estimate of drug-likeness (QED) is 0.678. The Hall–Kier alpha value is -2.71. The molecular formula is C21H21N3O3S2. The molecule has 0 saturated carbocycles. The number of rotatable bonds is 4. The summed E-state index contributed by atoms with van der Waals surface area (Å²) in [7, 11) is -3.77. The van der Waals surface area contributed by atoms with Crippen molar-refractivity contribution in [3.05, 3.63) is 70.2 Å². The minimum absolute atomic E-state index is 0.105. The van der Waals surface area contributed by atoms with Crippen molar-refractivity contribution < 1.29 is 13.2 Å². The van der Waals surface area contributed by atoms with E-state index in [-0.39, 0.29) is 16.4 Å². The van der Waals surface area contributed by atoms with Gasteiger partial charge in [0.05, 0.1) is 16.3 Å². The highest BCUT2D eigenvalue weighted by atomic mass is 32.2. The Morgan fingerprint density at radius 2 is 1.93 bits per heavy atom. The van der Waals surface area contributed by atoms with Crippen molar-refractivity contribution in [2.75, 3.05) is 16.2 Å². The van der Waals surface area contributed by atoms with E-state index < -0.39 is 10.0 Å². The van der Waals surface area contributed by atoms with Crippen LogP contribution in [0.15, 0.2) is 53.4 Å². The van der Waals surface area contributed by atoms with Crippen molar-refractivity contribution in [2.24, 2.45) is 0 Å². The number of carbonyl (C=O) groups excluding carboxylic acids is 1. The Labute approximate surface area is 174 Å². The maximum atomic E-state index is 13.3. The third-order valence-electron chi connectivity index (χ3n) is 5.00. The molecule has 2 aromatic carbocycles. The summed E-state index contributed by atoms with van der Waals surface area (Å²) in [4.78, 5) is 18.1. The number of fused-ring (bicyclic) bond motifs is 1. The molecule has 2 heterocycles. The Morgan fingerprint density at radius 3 is 2.69 bits per heavy atom. The molecular weight excluding hydrogens is 406 g/mol. The molecule has 0 aliphatic carbocycles. The van der Waals surface area contributed by atoms with E-state index in [1.165, 1.54) is 27.8 Å². The summed E-state index contributed by atoms with van der Waals surface area (Å²) < 4.78 is 28.1. The first kappa shape index (κ1) is 19.6. The molecule has 6 nitrogen and oxygen atoms in total. The highest BCUT2D eigenvalue weighted by Gasteiger charge is 2.29. The molecule has 0 bridgehead atoms. The van der Waals surface area contributed by atoms with Crippen molar-refractivity contribution in [3.63, 3.8) is 0 Å². The van der Waals surface area contributed by atoms with Crippen molar-refractivity contribution >= 4 is 38.1 Å². The van der Waals surface area contributed by atoms with Gasteiger partial charge in [0, 0.05) is 17.0 Å². The average Bonchev–Trinajstić information content (AvgIpc) is 3.04. The lowest BCUT2D eigenvalue weighted by atomic mass is 10.0. The fourth-order valence-corrected chi connectivity index (χ4v) is 5.77. The van der Waals surface area contributed by atoms with Crippen LogP contribution < -0.4 is 9.62 Å². The minimum atomic E-state index is -3.77. The number of hydrogen-bond acceptors (Lipinski definition) is 5. The number of hydrogen-bond donors (Lipinski definition) is 1. The lowest BCUT2D eigenvalue weighted by Gasteiger charge is -2.30. The monoisotopic (exact) mass is 427 g/mol. The van der Waals surface area contributed by atoms with Crippen LogP contribution in [-0.4, -0.2) is 25.9 Å². The number of sulfonamides is 1. The molecule has 1 amide bonds. The lowest BCUT2D eigenvalue weighted by molar-refractivity contribution is 0.102. The number of nitrogens with one attached hydrogen (secondary N) is 1. The number of anilines is 2. The molecule has 0 unspecified atom stereocenters. The fourth-order valence-electron chi connectivity index (χ4n) is 3.37. The van der Waals surface area contributed by atoms with Crippen LogP contribution in [-0.2, 0) is 16.4 Å². The summed E-state index contributed by atoms with van der Waals surface area (Å²) >= 11 is 1.39. The van der Waals surface area contributed by atoms with Gasteiger partial charge in [0.2, 0.25) is 0 Å². The van der Waals surface area contributed by atoms with Gasteiger partial charge >= 0.3 is 0 Å².